The molecule has 3 aromatic carbocycles. The highest BCUT2D eigenvalue weighted by atomic mass is 16.6. The lowest BCUT2D eigenvalue weighted by Crippen LogP contribution is -2.02. The molecule has 0 fully saturated rings. The molecule has 0 saturated carbocycles. The molecule has 0 unspecified atom stereocenters. The largest absolute Gasteiger partial charge is 0.365 e. The maximum absolute atomic E-state index is 10.9. The third kappa shape index (κ3) is 5.36. The molecule has 0 aromatic heterocycles. The summed E-state index contributed by atoms with van der Waals surface area (Å²) in [6, 6.07) is 24.7. The molecule has 136 valence electrons. The second-order valence-electron chi connectivity index (χ2n) is 6.34. The zero-order chi connectivity index (χ0) is 19.1. The van der Waals surface area contributed by atoms with Gasteiger partial charge in [-0.1, -0.05) is 72.3 Å². The Kier molecular flexibility index (Phi) is 6.13. The van der Waals surface area contributed by atoms with Gasteiger partial charge in [0.15, 0.2) is 0 Å². The molecule has 0 heterocycles. The highest BCUT2D eigenvalue weighted by Crippen LogP contribution is 2.24. The molecule has 3 aromatic rings. The average Bonchev–Trinajstić information content (AvgIpc) is 2.70. The summed E-state index contributed by atoms with van der Waals surface area (Å²) in [7, 11) is 0. The van der Waals surface area contributed by atoms with E-state index >= 15 is 0 Å². The fraction of sp³-hybridized carbons (Fsp3) is 0.130. The molecule has 0 saturated heterocycles. The van der Waals surface area contributed by atoms with Crippen LogP contribution >= 0.6 is 0 Å². The first-order chi connectivity index (χ1) is 13.1. The molecule has 4 heteroatoms. The van der Waals surface area contributed by atoms with Crippen molar-refractivity contribution in [1.29, 1.82) is 0 Å². The highest BCUT2D eigenvalue weighted by molar-refractivity contribution is 5.51. The fourth-order valence-electron chi connectivity index (χ4n) is 2.68. The van der Waals surface area contributed by atoms with E-state index in [9.17, 15) is 10.1 Å². The Hall–Kier alpha value is -3.24. The maximum atomic E-state index is 10.9. The van der Waals surface area contributed by atoms with Crippen molar-refractivity contribution in [2.75, 3.05) is 0 Å². The van der Waals surface area contributed by atoms with E-state index in [0.717, 1.165) is 16.7 Å². The molecular formula is C23H21NO3. The highest BCUT2D eigenvalue weighted by Gasteiger charge is 2.12. The second-order valence-corrected chi connectivity index (χ2v) is 6.34. The van der Waals surface area contributed by atoms with Crippen molar-refractivity contribution in [2.24, 2.45) is 0 Å². The third-order valence-corrected chi connectivity index (χ3v) is 4.25. The van der Waals surface area contributed by atoms with Crippen LogP contribution in [0.15, 0.2) is 84.9 Å². The van der Waals surface area contributed by atoms with Gasteiger partial charge in [0.25, 0.3) is 5.69 Å². The summed E-state index contributed by atoms with van der Waals surface area (Å²) in [6.07, 6.45) is 3.69. The lowest BCUT2D eigenvalue weighted by Gasteiger charge is -2.15. The zero-order valence-electron chi connectivity index (χ0n) is 15.1. The minimum atomic E-state index is -0.397. The molecule has 4 nitrogen and oxygen atoms in total. The molecule has 0 aliphatic carbocycles. The monoisotopic (exact) mass is 359 g/mol. The number of benzene rings is 3. The van der Waals surface area contributed by atoms with E-state index in [1.807, 2.05) is 42.5 Å². The summed E-state index contributed by atoms with van der Waals surface area (Å²) in [5.41, 5.74) is 4.31. The number of nitro benzene ring substituents is 1. The van der Waals surface area contributed by atoms with Gasteiger partial charge in [-0.05, 0) is 35.7 Å². The lowest BCUT2D eigenvalue weighted by atomic mass is 10.1. The standard InChI is InChI=1S/C23H21NO3/c1-18-7-9-19(10-8-18)11-16-23(27-17-20-5-3-2-4-6-20)21-12-14-22(15-13-21)24(25)26/h2-16,23H,17H2,1H3/b16-11+/t23-/m0/s1. The van der Waals surface area contributed by atoms with Gasteiger partial charge in [-0.3, -0.25) is 10.1 Å². The van der Waals surface area contributed by atoms with Crippen LogP contribution in [-0.2, 0) is 11.3 Å². The molecule has 1 atom stereocenters. The van der Waals surface area contributed by atoms with E-state index < -0.39 is 4.92 Å². The first-order valence-corrected chi connectivity index (χ1v) is 8.76. The third-order valence-electron chi connectivity index (χ3n) is 4.25. The summed E-state index contributed by atoms with van der Waals surface area (Å²) in [5, 5.41) is 10.9. The van der Waals surface area contributed by atoms with Crippen LogP contribution < -0.4 is 0 Å². The van der Waals surface area contributed by atoms with Gasteiger partial charge in [0.1, 0.15) is 6.10 Å². The van der Waals surface area contributed by atoms with Gasteiger partial charge < -0.3 is 4.74 Å². The van der Waals surface area contributed by atoms with Gasteiger partial charge in [0.2, 0.25) is 0 Å². The minimum Gasteiger partial charge on any atom is -0.365 e. The van der Waals surface area contributed by atoms with Crippen LogP contribution in [0.1, 0.15) is 28.4 Å². The van der Waals surface area contributed by atoms with E-state index in [0.29, 0.717) is 6.61 Å². The van der Waals surface area contributed by atoms with Crippen LogP contribution in [0.5, 0.6) is 0 Å². The van der Waals surface area contributed by atoms with Gasteiger partial charge in [0, 0.05) is 12.1 Å². The molecule has 0 aliphatic rings. The summed E-state index contributed by atoms with van der Waals surface area (Å²) in [6.45, 7) is 2.51. The predicted octanol–water partition coefficient (Wildman–Crippen LogP) is 5.87. The fourth-order valence-corrected chi connectivity index (χ4v) is 2.68. The van der Waals surface area contributed by atoms with Crippen LogP contribution in [0.3, 0.4) is 0 Å². The lowest BCUT2D eigenvalue weighted by molar-refractivity contribution is -0.384. The maximum Gasteiger partial charge on any atom is 0.269 e. The van der Waals surface area contributed by atoms with E-state index in [1.54, 1.807) is 12.1 Å². The molecule has 0 radical (unpaired) electrons. The van der Waals surface area contributed by atoms with Crippen molar-refractivity contribution in [3.8, 4) is 0 Å². The van der Waals surface area contributed by atoms with Crippen molar-refractivity contribution in [2.45, 2.75) is 19.6 Å². The van der Waals surface area contributed by atoms with E-state index in [1.165, 1.54) is 17.7 Å². The van der Waals surface area contributed by atoms with Crippen LogP contribution in [0.4, 0.5) is 5.69 Å². The molecule has 27 heavy (non-hydrogen) atoms. The summed E-state index contributed by atoms with van der Waals surface area (Å²) >= 11 is 0. The van der Waals surface area contributed by atoms with Crippen molar-refractivity contribution in [3.05, 3.63) is 117 Å². The van der Waals surface area contributed by atoms with E-state index in [-0.39, 0.29) is 11.8 Å². The number of aryl methyl sites for hydroxylation is 1. The topological polar surface area (TPSA) is 52.4 Å². The van der Waals surface area contributed by atoms with Crippen LogP contribution in [0.2, 0.25) is 0 Å². The molecule has 0 bridgehead atoms. The Morgan fingerprint density at radius 1 is 0.963 bits per heavy atom. The van der Waals surface area contributed by atoms with Crippen molar-refractivity contribution in [1.82, 2.24) is 0 Å². The first kappa shape index (κ1) is 18.5. The van der Waals surface area contributed by atoms with Crippen molar-refractivity contribution >= 4 is 11.8 Å². The average molecular weight is 359 g/mol. The summed E-state index contributed by atoms with van der Waals surface area (Å²) in [4.78, 5) is 10.5. The zero-order valence-corrected chi connectivity index (χ0v) is 15.1. The quantitative estimate of drug-likeness (QED) is 0.391. The van der Waals surface area contributed by atoms with Crippen LogP contribution in [0, 0.1) is 17.0 Å². The molecule has 0 spiro atoms. The number of hydrogen-bond acceptors (Lipinski definition) is 3. The molecule has 0 N–H and O–H groups in total. The van der Waals surface area contributed by atoms with Crippen LogP contribution in [-0.4, -0.2) is 4.92 Å². The van der Waals surface area contributed by atoms with Gasteiger partial charge in [0.05, 0.1) is 11.5 Å². The number of non-ortho nitro benzene ring substituents is 1. The van der Waals surface area contributed by atoms with Gasteiger partial charge >= 0.3 is 0 Å². The first-order valence-electron chi connectivity index (χ1n) is 8.76. The van der Waals surface area contributed by atoms with Gasteiger partial charge in [-0.25, -0.2) is 0 Å². The Labute approximate surface area is 158 Å². The smallest absolute Gasteiger partial charge is 0.269 e. The number of nitrogens with zero attached hydrogens (tertiary/aromatic N) is 1. The molecular weight excluding hydrogens is 338 g/mol. The Bertz CT molecular complexity index is 901. The predicted molar refractivity (Wildman–Crippen MR) is 107 cm³/mol. The molecule has 0 amide bonds. The van der Waals surface area contributed by atoms with Gasteiger partial charge in [-0.15, -0.1) is 0 Å². The van der Waals surface area contributed by atoms with Gasteiger partial charge in [-0.2, -0.15) is 0 Å². The normalized spacial score (nSPS) is 12.2. The Morgan fingerprint density at radius 3 is 2.26 bits per heavy atom. The minimum absolute atomic E-state index is 0.0723. The SMILES string of the molecule is Cc1ccc(/C=C/[C@H](OCc2ccccc2)c2ccc([N+](=O)[O-])cc2)cc1. The van der Waals surface area contributed by atoms with Crippen molar-refractivity contribution in [3.63, 3.8) is 0 Å². The van der Waals surface area contributed by atoms with Crippen molar-refractivity contribution < 1.29 is 9.66 Å². The van der Waals surface area contributed by atoms with E-state index in [2.05, 4.69) is 31.2 Å². The number of ether oxygens (including phenoxy) is 1. The number of nitro groups is 1. The summed E-state index contributed by atoms with van der Waals surface area (Å²) < 4.78 is 6.10. The summed E-state index contributed by atoms with van der Waals surface area (Å²) in [5.74, 6) is 0. The number of hydrogen-bond donors (Lipinski definition) is 0. The molecule has 0 aliphatic heterocycles. The van der Waals surface area contributed by atoms with E-state index in [4.69, 9.17) is 4.74 Å². The van der Waals surface area contributed by atoms with Crippen LogP contribution in [0.25, 0.3) is 6.08 Å². The Morgan fingerprint density at radius 2 is 1.63 bits per heavy atom. The second kappa shape index (κ2) is 8.92. The number of rotatable bonds is 7. The molecule has 3 rings (SSSR count). The Balaban J connectivity index is 1.80.